The van der Waals surface area contributed by atoms with Crippen LogP contribution in [0.5, 0.6) is 0 Å². The molecule has 1 aliphatic rings. The maximum Gasteiger partial charge on any atom is 0.306 e. The molecule has 0 radical (unpaired) electrons. The van der Waals surface area contributed by atoms with Crippen molar-refractivity contribution in [3.8, 4) is 0 Å². The molecule has 5 unspecified atom stereocenters. The van der Waals surface area contributed by atoms with Crippen molar-refractivity contribution in [1.82, 2.24) is 15.0 Å². The highest BCUT2D eigenvalue weighted by Crippen LogP contribution is 2.28. The zero-order valence-electron chi connectivity index (χ0n) is 38.3. The Morgan fingerprint density at radius 2 is 1.18 bits per heavy atom. The van der Waals surface area contributed by atoms with Gasteiger partial charge in [0.05, 0.1) is 18.8 Å². The molecule has 16 heteroatoms. The molecule has 2 rings (SSSR count). The minimum atomic E-state index is -1.60. The number of thioether (sulfide) groups is 1. The van der Waals surface area contributed by atoms with Gasteiger partial charge in [0.2, 0.25) is 5.91 Å². The Morgan fingerprint density at radius 1 is 0.710 bits per heavy atom. The number of esters is 2. The summed E-state index contributed by atoms with van der Waals surface area (Å²) in [5.41, 5.74) is 6.18. The highest BCUT2D eigenvalue weighted by molar-refractivity contribution is 7.99. The number of nitrogens with one attached hydrogen (secondary N) is 1. The average molecular weight is 900 g/mol. The van der Waals surface area contributed by atoms with Gasteiger partial charge in [-0.2, -0.15) is 11.8 Å². The van der Waals surface area contributed by atoms with Gasteiger partial charge in [-0.15, -0.1) is 5.10 Å². The Bertz CT molecular complexity index is 1290. The number of aromatic nitrogens is 3. The van der Waals surface area contributed by atoms with Crippen LogP contribution in [-0.2, 0) is 28.6 Å². The second kappa shape index (κ2) is 35.9. The second-order valence-corrected chi connectivity index (χ2v) is 18.3. The van der Waals surface area contributed by atoms with Crippen LogP contribution in [-0.4, -0.2) is 115 Å². The van der Waals surface area contributed by atoms with E-state index in [2.05, 4.69) is 29.5 Å². The molecule has 15 nitrogen and oxygen atoms in total. The van der Waals surface area contributed by atoms with Gasteiger partial charge in [-0.1, -0.05) is 173 Å². The third-order valence-electron chi connectivity index (χ3n) is 11.5. The number of nitrogens with two attached hydrogens (primary N) is 1. The number of carbonyl (C=O) groups excluding carboxylic acids is 3. The minimum absolute atomic E-state index is 0.00259. The number of anilines is 1. The minimum Gasteiger partial charge on any atom is -0.462 e. The largest absolute Gasteiger partial charge is 0.462 e. The number of unbranched alkanes of at least 4 members (excludes halogenated alkanes) is 24. The highest BCUT2D eigenvalue weighted by atomic mass is 32.2. The van der Waals surface area contributed by atoms with Crippen molar-refractivity contribution in [3.05, 3.63) is 6.20 Å². The number of aliphatic hydroxyl groups excluding tert-OH is 4. The molecule has 62 heavy (non-hydrogen) atoms. The first-order valence-electron chi connectivity index (χ1n) is 24.3. The zero-order chi connectivity index (χ0) is 45.2. The Labute approximate surface area is 376 Å². The van der Waals surface area contributed by atoms with Gasteiger partial charge in [-0.25, -0.2) is 4.68 Å². The van der Waals surface area contributed by atoms with E-state index < -0.39 is 55.3 Å². The lowest BCUT2D eigenvalue weighted by atomic mass is 9.98. The van der Waals surface area contributed by atoms with Gasteiger partial charge in [0.1, 0.15) is 37.1 Å². The molecule has 0 aromatic carbocycles. The average Bonchev–Trinajstić information content (AvgIpc) is 3.73. The van der Waals surface area contributed by atoms with E-state index in [-0.39, 0.29) is 42.3 Å². The van der Waals surface area contributed by atoms with Crippen LogP contribution in [0.1, 0.15) is 200 Å². The number of carbonyl (C=O) groups is 3. The summed E-state index contributed by atoms with van der Waals surface area (Å²) in [7, 11) is 0. The molecule has 7 N–H and O–H groups in total. The molecule has 7 atom stereocenters. The van der Waals surface area contributed by atoms with E-state index >= 15 is 0 Å². The summed E-state index contributed by atoms with van der Waals surface area (Å²) in [6.45, 7) is 3.81. The number of amides is 1. The smallest absolute Gasteiger partial charge is 0.306 e. The number of hydrogen-bond donors (Lipinski definition) is 6. The lowest BCUT2D eigenvalue weighted by molar-refractivity contribution is -0.254. The second-order valence-electron chi connectivity index (χ2n) is 17.2. The van der Waals surface area contributed by atoms with Crippen LogP contribution < -0.4 is 11.1 Å². The van der Waals surface area contributed by atoms with Gasteiger partial charge >= 0.3 is 11.9 Å². The molecule has 0 saturated carbocycles. The summed E-state index contributed by atoms with van der Waals surface area (Å²) < 4.78 is 17.9. The first-order valence-corrected chi connectivity index (χ1v) is 25.5. The van der Waals surface area contributed by atoms with Gasteiger partial charge in [0.15, 0.2) is 12.0 Å². The Kier molecular flexibility index (Phi) is 32.3. The summed E-state index contributed by atoms with van der Waals surface area (Å²) in [5.74, 6) is -0.794. The molecule has 0 bridgehead atoms. The maximum absolute atomic E-state index is 12.9. The molecule has 360 valence electrons. The summed E-state index contributed by atoms with van der Waals surface area (Å²) in [4.78, 5) is 38.5. The molecule has 1 saturated heterocycles. The van der Waals surface area contributed by atoms with Gasteiger partial charge in [0.25, 0.3) is 0 Å². The van der Waals surface area contributed by atoms with E-state index in [1.54, 1.807) is 0 Å². The summed E-state index contributed by atoms with van der Waals surface area (Å²) in [6.07, 6.45) is 25.6. The van der Waals surface area contributed by atoms with E-state index in [4.69, 9.17) is 19.9 Å². The monoisotopic (exact) mass is 900 g/mol. The van der Waals surface area contributed by atoms with Gasteiger partial charge < -0.3 is 45.7 Å². The van der Waals surface area contributed by atoms with Crippen molar-refractivity contribution in [2.75, 3.05) is 30.0 Å². The van der Waals surface area contributed by atoms with E-state index in [1.165, 1.54) is 146 Å². The standard InChI is InChI=1S/C46H85N5O10S/c1-3-5-7-9-11-13-15-17-19-21-23-25-27-29-40(53)59-33-36(60-41(54)30-28-26-24-22-20-18-16-14-12-10-8-6-4-2)34-62-35-37(47)45(58)48-39-31-51(50-49-39)46-44(57)43(56)42(55)38(32-52)61-46/h31,36-38,42-44,46,52,55-57H,3-30,32-35,47H2,1-2H3,(H,48,58)/t36-,37-,38?,42?,43?,44?,46?/m1/s1. The van der Waals surface area contributed by atoms with Crippen molar-refractivity contribution in [2.24, 2.45) is 5.73 Å². The van der Waals surface area contributed by atoms with Crippen LogP contribution in [0.3, 0.4) is 0 Å². The summed E-state index contributed by atoms with van der Waals surface area (Å²) >= 11 is 1.30. The predicted octanol–water partition coefficient (Wildman–Crippen LogP) is 7.67. The predicted molar refractivity (Wildman–Crippen MR) is 244 cm³/mol. The van der Waals surface area contributed by atoms with Crippen molar-refractivity contribution in [1.29, 1.82) is 0 Å². The molecular weight excluding hydrogens is 815 g/mol. The van der Waals surface area contributed by atoms with Gasteiger partial charge in [-0.05, 0) is 12.8 Å². The third-order valence-corrected chi connectivity index (χ3v) is 12.7. The number of hydrogen-bond acceptors (Lipinski definition) is 14. The van der Waals surface area contributed by atoms with Crippen LogP contribution in [0.25, 0.3) is 0 Å². The molecule has 1 aliphatic heterocycles. The number of aliphatic hydroxyl groups is 4. The SMILES string of the molecule is CCCCCCCCCCCCCCCC(=O)OC[C@H](CSC[C@@H](N)C(=O)Nc1cn(C2OC(CO)C(O)C(O)C2O)nn1)OC(=O)CCCCCCCCCCCCCCC. The van der Waals surface area contributed by atoms with Crippen LogP contribution in [0.15, 0.2) is 6.20 Å². The fourth-order valence-electron chi connectivity index (χ4n) is 7.57. The quantitative estimate of drug-likeness (QED) is 0.0275. The molecule has 0 spiro atoms. The van der Waals surface area contributed by atoms with Crippen molar-refractivity contribution in [3.63, 3.8) is 0 Å². The first-order chi connectivity index (χ1) is 30.1. The summed E-state index contributed by atoms with van der Waals surface area (Å²) in [6, 6.07) is -0.988. The number of nitrogens with zero attached hydrogens (tertiary/aromatic N) is 3. The zero-order valence-corrected chi connectivity index (χ0v) is 39.1. The van der Waals surface area contributed by atoms with Crippen LogP contribution >= 0.6 is 11.8 Å². The molecule has 0 aliphatic carbocycles. The van der Waals surface area contributed by atoms with E-state index in [0.717, 1.165) is 43.2 Å². The fourth-order valence-corrected chi connectivity index (χ4v) is 8.54. The molecular formula is C46H85N5O10S. The normalized spacial score (nSPS) is 19.9. The molecule has 2 heterocycles. The van der Waals surface area contributed by atoms with Crippen LogP contribution in [0, 0.1) is 0 Å². The van der Waals surface area contributed by atoms with Gasteiger partial charge in [-0.3, -0.25) is 14.4 Å². The van der Waals surface area contributed by atoms with Crippen LogP contribution in [0.4, 0.5) is 5.82 Å². The molecule has 1 fully saturated rings. The van der Waals surface area contributed by atoms with Crippen molar-refractivity contribution >= 4 is 35.4 Å². The number of ether oxygens (including phenoxy) is 3. The molecule has 1 amide bonds. The molecule has 1 aromatic rings. The topological polar surface area (TPSA) is 229 Å². The van der Waals surface area contributed by atoms with Crippen molar-refractivity contribution < 1.29 is 49.0 Å². The lowest BCUT2D eigenvalue weighted by Crippen LogP contribution is -2.56. The Hall–Kier alpha value is -2.34. The Balaban J connectivity index is 1.75. The van der Waals surface area contributed by atoms with E-state index in [1.807, 2.05) is 0 Å². The van der Waals surface area contributed by atoms with Gasteiger partial charge in [0, 0.05) is 24.3 Å². The Morgan fingerprint density at radius 3 is 1.66 bits per heavy atom. The van der Waals surface area contributed by atoms with E-state index in [0.29, 0.717) is 6.42 Å². The summed E-state index contributed by atoms with van der Waals surface area (Å²) in [5, 5.41) is 50.3. The molecule has 1 aromatic heterocycles. The number of rotatable bonds is 39. The third kappa shape index (κ3) is 25.2. The highest BCUT2D eigenvalue weighted by Gasteiger charge is 2.44. The van der Waals surface area contributed by atoms with Crippen LogP contribution in [0.2, 0.25) is 0 Å². The first kappa shape index (κ1) is 55.8. The van der Waals surface area contributed by atoms with E-state index in [9.17, 15) is 34.8 Å². The van der Waals surface area contributed by atoms with Crippen molar-refractivity contribution in [2.45, 2.75) is 236 Å². The lowest BCUT2D eigenvalue weighted by Gasteiger charge is -2.39. The fraction of sp³-hybridized carbons (Fsp3) is 0.891. The maximum atomic E-state index is 12.9.